The third kappa shape index (κ3) is 3.72. The van der Waals surface area contributed by atoms with Gasteiger partial charge in [-0.15, -0.1) is 0 Å². The predicted octanol–water partition coefficient (Wildman–Crippen LogP) is 2.62. The summed E-state index contributed by atoms with van der Waals surface area (Å²) in [7, 11) is 3.08. The van der Waals surface area contributed by atoms with E-state index in [1.165, 1.54) is 4.90 Å². The van der Waals surface area contributed by atoms with Crippen LogP contribution in [0.4, 0.5) is 4.79 Å². The fourth-order valence-electron chi connectivity index (χ4n) is 2.73. The quantitative estimate of drug-likeness (QED) is 0.889. The molecule has 0 bridgehead atoms. The van der Waals surface area contributed by atoms with Crippen LogP contribution in [0, 0.1) is 0 Å². The number of carbonyl (C=O) groups is 2. The van der Waals surface area contributed by atoms with E-state index in [1.807, 2.05) is 0 Å². The highest BCUT2D eigenvalue weighted by atomic mass is 16.6. The highest BCUT2D eigenvalue weighted by Gasteiger charge is 2.38. The lowest BCUT2D eigenvalue weighted by Gasteiger charge is -2.30. The van der Waals surface area contributed by atoms with Crippen LogP contribution in [0.15, 0.2) is 18.2 Å². The number of aliphatic carboxylic acids is 1. The number of methoxy groups -OCH3 is 2. The van der Waals surface area contributed by atoms with Crippen LogP contribution in [0.3, 0.4) is 0 Å². The minimum atomic E-state index is -1.01. The van der Waals surface area contributed by atoms with Gasteiger partial charge in [0.05, 0.1) is 14.2 Å². The maximum Gasteiger partial charge on any atom is 0.411 e. The van der Waals surface area contributed by atoms with E-state index in [0.29, 0.717) is 36.4 Å². The maximum absolute atomic E-state index is 12.4. The summed E-state index contributed by atoms with van der Waals surface area (Å²) in [6.07, 6.45) is 0.462. The molecular weight excluding hydrogens is 314 g/mol. The summed E-state index contributed by atoms with van der Waals surface area (Å²) in [6, 6.07) is 4.42. The van der Waals surface area contributed by atoms with Gasteiger partial charge >= 0.3 is 12.1 Å². The van der Waals surface area contributed by atoms with Crippen LogP contribution >= 0.6 is 0 Å². The van der Waals surface area contributed by atoms with Crippen LogP contribution in [-0.4, -0.2) is 48.9 Å². The monoisotopic (exact) mass is 337 g/mol. The summed E-state index contributed by atoms with van der Waals surface area (Å²) in [5.74, 6) is 0.154. The van der Waals surface area contributed by atoms with Crippen molar-refractivity contribution in [3.63, 3.8) is 0 Å². The van der Waals surface area contributed by atoms with Crippen molar-refractivity contribution in [2.24, 2.45) is 0 Å². The number of ether oxygens (including phenoxy) is 3. The molecule has 1 unspecified atom stereocenters. The zero-order valence-electron chi connectivity index (χ0n) is 14.4. The molecular formula is C17H23NO6. The molecule has 2 rings (SSSR count). The van der Waals surface area contributed by atoms with Gasteiger partial charge in [-0.05, 0) is 38.8 Å². The second kappa shape index (κ2) is 6.98. The Morgan fingerprint density at radius 3 is 2.25 bits per heavy atom. The molecule has 1 saturated heterocycles. The lowest BCUT2D eigenvalue weighted by Crippen LogP contribution is -2.43. The maximum atomic E-state index is 12.4. The first-order valence-electron chi connectivity index (χ1n) is 7.74. The Balaban J connectivity index is 2.21. The molecule has 0 aliphatic carbocycles. The Bertz CT molecular complexity index is 605. The van der Waals surface area contributed by atoms with Crippen molar-refractivity contribution in [2.75, 3.05) is 20.8 Å². The van der Waals surface area contributed by atoms with Crippen LogP contribution in [0.2, 0.25) is 0 Å². The summed E-state index contributed by atoms with van der Waals surface area (Å²) in [6.45, 7) is 3.86. The summed E-state index contributed by atoms with van der Waals surface area (Å²) >= 11 is 0. The zero-order valence-corrected chi connectivity index (χ0v) is 14.4. The van der Waals surface area contributed by atoms with Gasteiger partial charge in [-0.25, -0.2) is 9.59 Å². The number of likely N-dealkylation sites (tertiary alicyclic amines) is 1. The molecule has 1 amide bonds. The number of rotatable bonds is 5. The molecule has 0 radical (unpaired) electrons. The molecule has 1 atom stereocenters. The molecule has 1 aliphatic rings. The van der Waals surface area contributed by atoms with E-state index in [2.05, 4.69) is 0 Å². The van der Waals surface area contributed by atoms with Gasteiger partial charge in [-0.1, -0.05) is 0 Å². The predicted molar refractivity (Wildman–Crippen MR) is 86.4 cm³/mol. The van der Waals surface area contributed by atoms with E-state index < -0.39 is 23.7 Å². The van der Waals surface area contributed by atoms with Crippen LogP contribution in [-0.2, 0) is 15.1 Å². The number of benzene rings is 1. The largest absolute Gasteiger partial charge is 0.497 e. The molecule has 1 aromatic rings. The van der Waals surface area contributed by atoms with Gasteiger partial charge in [0, 0.05) is 18.2 Å². The Kier molecular flexibility index (Phi) is 5.21. The first-order chi connectivity index (χ1) is 11.3. The van der Waals surface area contributed by atoms with Crippen LogP contribution in [0.5, 0.6) is 11.5 Å². The average Bonchev–Trinajstić information content (AvgIpc) is 3.04. The smallest absolute Gasteiger partial charge is 0.411 e. The minimum Gasteiger partial charge on any atom is -0.497 e. The van der Waals surface area contributed by atoms with Crippen molar-refractivity contribution in [3.8, 4) is 11.5 Å². The van der Waals surface area contributed by atoms with Crippen molar-refractivity contribution in [2.45, 2.75) is 38.3 Å². The summed E-state index contributed by atoms with van der Waals surface area (Å²) in [5, 5.41) is 9.20. The van der Waals surface area contributed by atoms with Crippen molar-refractivity contribution < 1.29 is 28.9 Å². The number of amides is 1. The van der Waals surface area contributed by atoms with Crippen LogP contribution < -0.4 is 9.47 Å². The fraction of sp³-hybridized carbons (Fsp3) is 0.529. The molecule has 0 saturated carbocycles. The highest BCUT2D eigenvalue weighted by Crippen LogP contribution is 2.33. The van der Waals surface area contributed by atoms with Gasteiger partial charge in [0.2, 0.25) is 0 Å². The van der Waals surface area contributed by atoms with E-state index in [-0.39, 0.29) is 0 Å². The van der Waals surface area contributed by atoms with Gasteiger partial charge in [0.25, 0.3) is 0 Å². The van der Waals surface area contributed by atoms with E-state index in [9.17, 15) is 14.7 Å². The molecule has 132 valence electrons. The summed E-state index contributed by atoms with van der Waals surface area (Å²) < 4.78 is 16.1. The lowest BCUT2D eigenvalue weighted by atomic mass is 9.97. The molecule has 1 aliphatic heterocycles. The van der Waals surface area contributed by atoms with E-state index in [1.54, 1.807) is 46.3 Å². The molecule has 1 fully saturated rings. The number of nitrogens with zero attached hydrogens (tertiary/aromatic N) is 1. The normalized spacial score (nSPS) is 17.5. The summed E-state index contributed by atoms with van der Waals surface area (Å²) in [4.78, 5) is 24.9. The van der Waals surface area contributed by atoms with Gasteiger partial charge in [-0.2, -0.15) is 0 Å². The van der Waals surface area contributed by atoms with Gasteiger partial charge in [0.15, 0.2) is 0 Å². The third-order valence-electron chi connectivity index (χ3n) is 4.16. The highest BCUT2D eigenvalue weighted by molar-refractivity contribution is 5.80. The number of carbonyl (C=O) groups excluding carboxylic acids is 1. The van der Waals surface area contributed by atoms with Gasteiger partial charge < -0.3 is 19.3 Å². The second-order valence-electron chi connectivity index (χ2n) is 6.17. The molecule has 0 spiro atoms. The Morgan fingerprint density at radius 2 is 1.75 bits per heavy atom. The topological polar surface area (TPSA) is 85.3 Å². The number of carboxylic acids is 1. The second-order valence-corrected chi connectivity index (χ2v) is 6.17. The number of carboxylic acid groups (broad SMARTS) is 1. The molecule has 1 aromatic carbocycles. The van der Waals surface area contributed by atoms with Crippen molar-refractivity contribution >= 4 is 12.1 Å². The standard InChI is InChI=1S/C17H23NO6/c1-17(2,11-8-12(22-3)10-13(9-11)23-4)24-16(21)18-7-5-6-14(18)15(19)20/h8-10,14H,5-7H2,1-4H3,(H,19,20). The molecule has 7 heteroatoms. The van der Waals surface area contributed by atoms with Crippen molar-refractivity contribution in [1.29, 1.82) is 0 Å². The van der Waals surface area contributed by atoms with Gasteiger partial charge in [-0.3, -0.25) is 4.90 Å². The Hall–Kier alpha value is -2.44. The van der Waals surface area contributed by atoms with E-state index in [4.69, 9.17) is 14.2 Å². The lowest BCUT2D eigenvalue weighted by molar-refractivity contribution is -0.142. The molecule has 0 aromatic heterocycles. The molecule has 7 nitrogen and oxygen atoms in total. The Morgan fingerprint density at radius 1 is 1.17 bits per heavy atom. The number of hydrogen-bond acceptors (Lipinski definition) is 5. The van der Waals surface area contributed by atoms with E-state index >= 15 is 0 Å². The fourth-order valence-corrected chi connectivity index (χ4v) is 2.73. The van der Waals surface area contributed by atoms with Crippen LogP contribution in [0.25, 0.3) is 0 Å². The van der Waals surface area contributed by atoms with Crippen LogP contribution in [0.1, 0.15) is 32.3 Å². The van der Waals surface area contributed by atoms with E-state index in [0.717, 1.165) is 0 Å². The third-order valence-corrected chi connectivity index (χ3v) is 4.16. The van der Waals surface area contributed by atoms with Crippen molar-refractivity contribution in [3.05, 3.63) is 23.8 Å². The van der Waals surface area contributed by atoms with Gasteiger partial charge in [0.1, 0.15) is 23.1 Å². The average molecular weight is 337 g/mol. The zero-order chi connectivity index (χ0) is 17.9. The first-order valence-corrected chi connectivity index (χ1v) is 7.74. The minimum absolute atomic E-state index is 0.382. The SMILES string of the molecule is COc1cc(OC)cc(C(C)(C)OC(=O)N2CCCC2C(=O)O)c1. The Labute approximate surface area is 141 Å². The summed E-state index contributed by atoms with van der Waals surface area (Å²) in [5.41, 5.74) is -0.275. The molecule has 1 heterocycles. The van der Waals surface area contributed by atoms with Crippen molar-refractivity contribution in [1.82, 2.24) is 4.90 Å². The number of hydrogen-bond donors (Lipinski definition) is 1. The first kappa shape index (κ1) is 17.9. The molecule has 24 heavy (non-hydrogen) atoms. The molecule has 1 N–H and O–H groups in total.